The van der Waals surface area contributed by atoms with Crippen LogP contribution < -0.4 is 4.74 Å². The van der Waals surface area contributed by atoms with Gasteiger partial charge in [-0.05, 0) is 145 Å². The first-order chi connectivity index (χ1) is 27.8. The van der Waals surface area contributed by atoms with E-state index in [0.717, 1.165) is 44.7 Å². The minimum atomic E-state index is -0.673. The van der Waals surface area contributed by atoms with Gasteiger partial charge in [0.25, 0.3) is 0 Å². The number of fused-ring (bicyclic) bond motifs is 3. The predicted molar refractivity (Wildman–Crippen MR) is 247 cm³/mol. The Kier molecular flexibility index (Phi) is 9.69. The van der Waals surface area contributed by atoms with E-state index in [4.69, 9.17) is 19.5 Å². The van der Waals surface area contributed by atoms with Crippen LogP contribution in [0.4, 0.5) is 0 Å². The molecule has 1 aliphatic rings. The first-order valence-electron chi connectivity index (χ1n) is 21.1. The van der Waals surface area contributed by atoms with Gasteiger partial charge in [0.15, 0.2) is 5.60 Å². The summed E-state index contributed by atoms with van der Waals surface area (Å²) in [7, 11) is 0. The Morgan fingerprint density at radius 3 is 1.97 bits per heavy atom. The van der Waals surface area contributed by atoms with E-state index >= 15 is 0 Å². The fourth-order valence-electron chi connectivity index (χ4n) is 9.03. The molecule has 0 amide bonds. The van der Waals surface area contributed by atoms with E-state index in [1.807, 2.05) is 6.20 Å². The third-order valence-corrected chi connectivity index (χ3v) is 12.8. The van der Waals surface area contributed by atoms with Gasteiger partial charge in [-0.3, -0.25) is 4.57 Å². The lowest BCUT2D eigenvalue weighted by atomic mass is 9.72. The topological polar surface area (TPSA) is 48.6 Å². The maximum absolute atomic E-state index is 7.08. The van der Waals surface area contributed by atoms with Crippen molar-refractivity contribution in [1.29, 1.82) is 0 Å². The van der Waals surface area contributed by atoms with Crippen molar-refractivity contribution in [3.05, 3.63) is 154 Å². The first kappa shape index (κ1) is 40.1. The summed E-state index contributed by atoms with van der Waals surface area (Å²) in [5, 5.41) is 2.35. The van der Waals surface area contributed by atoms with Crippen LogP contribution >= 0.6 is 0 Å². The number of hydrogen-bond donors (Lipinski definition) is 0. The van der Waals surface area contributed by atoms with Crippen molar-refractivity contribution >= 4 is 27.7 Å². The number of ether oxygens (including phenoxy) is 2. The van der Waals surface area contributed by atoms with Crippen LogP contribution in [0.2, 0.25) is 0 Å². The van der Waals surface area contributed by atoms with E-state index < -0.39 is 11.1 Å². The molecule has 0 fully saturated rings. The molecule has 5 nitrogen and oxygen atoms in total. The summed E-state index contributed by atoms with van der Waals surface area (Å²) in [5.41, 5.74) is 11.4. The van der Waals surface area contributed by atoms with Gasteiger partial charge in [0.05, 0.1) is 11.0 Å². The molecule has 0 unspecified atom stereocenters. The second-order valence-electron chi connectivity index (χ2n) is 19.5. The summed E-state index contributed by atoms with van der Waals surface area (Å²) >= 11 is 0. The summed E-state index contributed by atoms with van der Waals surface area (Å²) in [4.78, 5) is 10.4. The number of aliphatic imine (C=N–C) groups is 1. The van der Waals surface area contributed by atoms with Gasteiger partial charge in [-0.25, -0.2) is 9.98 Å². The van der Waals surface area contributed by atoms with Crippen LogP contribution in [0.25, 0.3) is 38.8 Å². The zero-order valence-corrected chi connectivity index (χ0v) is 37.2. The molecule has 302 valence electrons. The van der Waals surface area contributed by atoms with Crippen molar-refractivity contribution in [2.45, 2.75) is 112 Å². The number of nitrogens with zero attached hydrogens (tertiary/aromatic N) is 3. The molecule has 8 rings (SSSR count). The molecule has 2 atom stereocenters. The van der Waals surface area contributed by atoms with Crippen LogP contribution in [0.3, 0.4) is 0 Å². The molecular formula is C54H59N3O2. The number of benzene rings is 5. The lowest BCUT2D eigenvalue weighted by Gasteiger charge is -2.40. The minimum absolute atomic E-state index is 0.00538. The highest BCUT2D eigenvalue weighted by molar-refractivity contribution is 6.10. The van der Waals surface area contributed by atoms with Crippen molar-refractivity contribution in [3.8, 4) is 28.4 Å². The Morgan fingerprint density at radius 1 is 0.644 bits per heavy atom. The van der Waals surface area contributed by atoms with Crippen LogP contribution in [0.1, 0.15) is 108 Å². The largest absolute Gasteiger partial charge is 0.464 e. The zero-order valence-electron chi connectivity index (χ0n) is 37.2. The van der Waals surface area contributed by atoms with Gasteiger partial charge in [-0.2, -0.15) is 0 Å². The van der Waals surface area contributed by atoms with Crippen LogP contribution in [0, 0.1) is 26.7 Å². The number of rotatable bonds is 7. The van der Waals surface area contributed by atoms with E-state index in [1.54, 1.807) is 0 Å². The lowest BCUT2D eigenvalue weighted by Crippen LogP contribution is -2.47. The Balaban J connectivity index is 1.31. The van der Waals surface area contributed by atoms with E-state index in [9.17, 15) is 0 Å². The van der Waals surface area contributed by atoms with Crippen LogP contribution in [0.5, 0.6) is 11.5 Å². The predicted octanol–water partition coefficient (Wildman–Crippen LogP) is 14.3. The lowest BCUT2D eigenvalue weighted by molar-refractivity contribution is 0.00858. The Morgan fingerprint density at radius 2 is 1.31 bits per heavy atom. The fourth-order valence-corrected chi connectivity index (χ4v) is 9.03. The summed E-state index contributed by atoms with van der Waals surface area (Å²) in [6.45, 7) is 28.9. The highest BCUT2D eigenvalue weighted by atomic mass is 16.5. The molecule has 0 saturated heterocycles. The Hall–Kier alpha value is -5.68. The summed E-state index contributed by atoms with van der Waals surface area (Å²) in [6.07, 6.45) is 1.93. The summed E-state index contributed by atoms with van der Waals surface area (Å²) in [6, 6.07) is 39.1. The second kappa shape index (κ2) is 14.3. The van der Waals surface area contributed by atoms with Gasteiger partial charge in [0.1, 0.15) is 22.9 Å². The summed E-state index contributed by atoms with van der Waals surface area (Å²) < 4.78 is 16.4. The molecule has 5 aromatic carbocycles. The molecule has 59 heavy (non-hydrogen) atoms. The van der Waals surface area contributed by atoms with E-state index in [-0.39, 0.29) is 16.7 Å². The summed E-state index contributed by atoms with van der Waals surface area (Å²) in [5.74, 6) is 3.17. The Labute approximate surface area is 351 Å². The number of aromatic nitrogens is 2. The molecular weight excluding hydrogens is 723 g/mol. The third kappa shape index (κ3) is 7.03. The average Bonchev–Trinajstić information content (AvgIpc) is 3.65. The van der Waals surface area contributed by atoms with E-state index in [2.05, 4.69) is 204 Å². The van der Waals surface area contributed by atoms with Crippen LogP contribution in [-0.4, -0.2) is 21.0 Å². The monoisotopic (exact) mass is 781 g/mol. The maximum atomic E-state index is 7.08. The van der Waals surface area contributed by atoms with E-state index in [1.165, 1.54) is 38.8 Å². The van der Waals surface area contributed by atoms with Crippen molar-refractivity contribution < 1.29 is 9.47 Å². The van der Waals surface area contributed by atoms with Gasteiger partial charge in [-0.15, -0.1) is 0 Å². The molecule has 1 aliphatic heterocycles. The van der Waals surface area contributed by atoms with Gasteiger partial charge in [-0.1, -0.05) is 109 Å². The first-order valence-corrected chi connectivity index (χ1v) is 21.1. The maximum Gasteiger partial charge on any atom is 0.217 e. The SMILES string of the molecule is Cc1cc(C)c(-c2cc(Oc3ccc4c5cc(C(C)(C)C)ccc5n(-c5cc(C(C)(C)C)ccn5)c4c3)cc(C3=N[C@](C)(C(C)C)[C@@](C)(c4ccccc4)O3)c2)c(C)c1. The molecule has 0 aliphatic carbocycles. The molecule has 2 aromatic heterocycles. The van der Waals surface area contributed by atoms with E-state index in [0.29, 0.717) is 11.6 Å². The molecule has 0 bridgehead atoms. The van der Waals surface area contributed by atoms with Gasteiger partial charge < -0.3 is 9.47 Å². The number of aryl methyl sites for hydroxylation is 3. The highest BCUT2D eigenvalue weighted by Gasteiger charge is 2.55. The minimum Gasteiger partial charge on any atom is -0.464 e. The molecule has 3 heterocycles. The number of pyridine rings is 1. The standard InChI is InChI=1S/C54H59N3O2/c1-33(2)53(12)54(13,39-17-15-14-16-18-39)59-50(56-53)38-27-37(49-35(4)25-34(3)26-36(49)5)28-43(29-38)58-42-20-21-44-45-30-40(51(6,7)8)19-22-46(45)57(47(44)32-42)48-31-41(23-24-55-48)52(9,10)11/h14-33H,1-13H3/t53-,54-/m1/s1. The fraction of sp³-hybridized carbons (Fsp3) is 0.333. The quantitative estimate of drug-likeness (QED) is 0.162. The van der Waals surface area contributed by atoms with Gasteiger partial charge in [0, 0.05) is 28.6 Å². The van der Waals surface area contributed by atoms with Crippen LogP contribution in [0.15, 0.2) is 120 Å². The van der Waals surface area contributed by atoms with Gasteiger partial charge >= 0.3 is 0 Å². The zero-order chi connectivity index (χ0) is 42.2. The number of hydrogen-bond acceptors (Lipinski definition) is 4. The average molecular weight is 782 g/mol. The molecule has 0 radical (unpaired) electrons. The smallest absolute Gasteiger partial charge is 0.217 e. The second-order valence-corrected chi connectivity index (χ2v) is 19.5. The molecule has 7 aromatic rings. The van der Waals surface area contributed by atoms with Crippen molar-refractivity contribution in [1.82, 2.24) is 9.55 Å². The van der Waals surface area contributed by atoms with Crippen molar-refractivity contribution in [2.75, 3.05) is 0 Å². The molecule has 5 heteroatoms. The molecule has 0 saturated carbocycles. The third-order valence-electron chi connectivity index (χ3n) is 12.8. The highest BCUT2D eigenvalue weighted by Crippen LogP contribution is 2.49. The van der Waals surface area contributed by atoms with Crippen LogP contribution in [-0.2, 0) is 21.2 Å². The molecule has 0 N–H and O–H groups in total. The van der Waals surface area contributed by atoms with Crippen molar-refractivity contribution in [2.24, 2.45) is 10.9 Å². The van der Waals surface area contributed by atoms with Gasteiger partial charge in [0.2, 0.25) is 5.90 Å². The Bertz CT molecular complexity index is 2750. The normalized spacial score (nSPS) is 18.4. The van der Waals surface area contributed by atoms with Crippen molar-refractivity contribution in [3.63, 3.8) is 0 Å². The molecule has 0 spiro atoms.